The molecule has 0 spiro atoms. The number of carbonyl (C=O) groups excluding carboxylic acids is 3. The summed E-state index contributed by atoms with van der Waals surface area (Å²) < 4.78 is 10.9. The van der Waals surface area contributed by atoms with Crippen molar-refractivity contribution in [2.24, 2.45) is 0 Å². The highest BCUT2D eigenvalue weighted by molar-refractivity contribution is 6.19. The summed E-state index contributed by atoms with van der Waals surface area (Å²) in [5.74, 6) is -0.841. The smallest absolute Gasteiger partial charge is 0.338 e. The number of hydrogen-bond donors (Lipinski definition) is 1. The average molecular weight is 434 g/mol. The minimum absolute atomic E-state index is 0.00796. The van der Waals surface area contributed by atoms with Crippen LogP contribution in [0, 0.1) is 11.3 Å². The molecular formula is C24H22N2O6. The molecule has 0 saturated carbocycles. The minimum Gasteiger partial charge on any atom is -0.462 e. The third kappa shape index (κ3) is 4.53. The molecule has 0 atom stereocenters. The van der Waals surface area contributed by atoms with Crippen LogP contribution in [0.1, 0.15) is 36.4 Å². The fourth-order valence-corrected chi connectivity index (χ4v) is 3.30. The Balaban J connectivity index is 1.96. The van der Waals surface area contributed by atoms with Crippen LogP contribution in [-0.4, -0.2) is 47.5 Å². The van der Waals surface area contributed by atoms with Gasteiger partial charge in [-0.3, -0.25) is 14.5 Å². The van der Waals surface area contributed by atoms with E-state index in [2.05, 4.69) is 0 Å². The lowest BCUT2D eigenvalue weighted by Crippen LogP contribution is -2.43. The number of rotatable bonds is 7. The van der Waals surface area contributed by atoms with Crippen LogP contribution in [0.25, 0.3) is 17.4 Å². The molecule has 0 saturated heterocycles. The van der Waals surface area contributed by atoms with E-state index in [9.17, 15) is 19.6 Å². The van der Waals surface area contributed by atoms with Gasteiger partial charge in [0.25, 0.3) is 11.8 Å². The molecule has 1 aromatic heterocycles. The highest BCUT2D eigenvalue weighted by Crippen LogP contribution is 2.29. The Hall–Kier alpha value is -3.96. The number of aliphatic hydroxyl groups excluding tert-OH is 1. The first-order valence-corrected chi connectivity index (χ1v) is 10.1. The largest absolute Gasteiger partial charge is 0.462 e. The fraction of sp³-hybridized carbons (Fsp3) is 0.250. The number of amides is 2. The first-order chi connectivity index (χ1) is 15.4. The summed E-state index contributed by atoms with van der Waals surface area (Å²) in [6.07, 6.45) is 1.69. The van der Waals surface area contributed by atoms with Gasteiger partial charge in [-0.1, -0.05) is 12.1 Å². The van der Waals surface area contributed by atoms with Gasteiger partial charge in [0.1, 0.15) is 23.2 Å². The summed E-state index contributed by atoms with van der Waals surface area (Å²) in [4.78, 5) is 38.3. The lowest BCUT2D eigenvalue weighted by molar-refractivity contribution is -0.140. The van der Waals surface area contributed by atoms with Crippen molar-refractivity contribution in [3.8, 4) is 17.4 Å². The van der Waals surface area contributed by atoms with Gasteiger partial charge in [0.2, 0.25) is 0 Å². The summed E-state index contributed by atoms with van der Waals surface area (Å²) in [5.41, 5.74) is 1.35. The maximum atomic E-state index is 12.9. The quantitative estimate of drug-likeness (QED) is 0.404. The maximum Gasteiger partial charge on any atom is 0.338 e. The SMILES string of the molecule is CCOC(=O)c1cccc(-c2ccc(C=C3C(=O)N(CCCO)C(=O)C(C#N)=C3C)o2)c1. The standard InChI is InChI=1S/C24H22N2O6/c1-3-31-24(30)17-7-4-6-16(12-17)21-9-8-18(32-21)13-19-15(2)20(14-25)23(29)26(22(19)28)10-5-11-27/h4,6-9,12-13,27H,3,5,10-11H2,1-2H3. The van der Waals surface area contributed by atoms with Crippen molar-refractivity contribution in [2.75, 3.05) is 19.8 Å². The second-order valence-corrected chi connectivity index (χ2v) is 7.01. The lowest BCUT2D eigenvalue weighted by atomic mass is 9.94. The molecule has 3 rings (SSSR count). The van der Waals surface area contributed by atoms with Crippen LogP contribution in [0.4, 0.5) is 0 Å². The number of aliphatic hydroxyl groups is 1. The second kappa shape index (κ2) is 9.90. The molecular weight excluding hydrogens is 412 g/mol. The van der Waals surface area contributed by atoms with Gasteiger partial charge in [-0.05, 0) is 56.2 Å². The Labute approximate surface area is 185 Å². The van der Waals surface area contributed by atoms with Crippen molar-refractivity contribution in [3.05, 3.63) is 64.4 Å². The molecule has 2 amide bonds. The zero-order chi connectivity index (χ0) is 23.3. The van der Waals surface area contributed by atoms with Gasteiger partial charge < -0.3 is 14.3 Å². The van der Waals surface area contributed by atoms with Crippen molar-refractivity contribution < 1.29 is 28.6 Å². The summed E-state index contributed by atoms with van der Waals surface area (Å²) >= 11 is 0. The summed E-state index contributed by atoms with van der Waals surface area (Å²) in [6.45, 7) is 3.36. The summed E-state index contributed by atoms with van der Waals surface area (Å²) in [7, 11) is 0. The Kier molecular flexibility index (Phi) is 7.03. The van der Waals surface area contributed by atoms with Crippen LogP contribution >= 0.6 is 0 Å². The Bertz CT molecular complexity index is 1170. The van der Waals surface area contributed by atoms with Crippen LogP contribution in [0.15, 0.2) is 57.5 Å². The van der Waals surface area contributed by atoms with Crippen LogP contribution in [0.2, 0.25) is 0 Å². The number of furan rings is 1. The first kappa shape index (κ1) is 22.7. The number of benzene rings is 1. The van der Waals surface area contributed by atoms with E-state index in [1.54, 1.807) is 43.3 Å². The number of hydrogen-bond acceptors (Lipinski definition) is 7. The van der Waals surface area contributed by atoms with Crippen LogP contribution in [0.5, 0.6) is 0 Å². The van der Waals surface area contributed by atoms with E-state index in [1.165, 1.54) is 13.0 Å². The van der Waals surface area contributed by atoms with Crippen molar-refractivity contribution in [1.29, 1.82) is 5.26 Å². The lowest BCUT2D eigenvalue weighted by Gasteiger charge is -2.27. The van der Waals surface area contributed by atoms with Crippen molar-refractivity contribution in [3.63, 3.8) is 0 Å². The molecule has 0 bridgehead atoms. The second-order valence-electron chi connectivity index (χ2n) is 7.01. The molecule has 164 valence electrons. The van der Waals surface area contributed by atoms with E-state index in [1.807, 2.05) is 6.07 Å². The molecule has 1 aliphatic rings. The van der Waals surface area contributed by atoms with Gasteiger partial charge in [0.15, 0.2) is 0 Å². The Morgan fingerprint density at radius 2 is 2.03 bits per heavy atom. The molecule has 2 heterocycles. The minimum atomic E-state index is -0.670. The number of esters is 1. The number of imide groups is 1. The van der Waals surface area contributed by atoms with Gasteiger partial charge in [0.05, 0.1) is 12.2 Å². The number of carbonyl (C=O) groups is 3. The predicted octanol–water partition coefficient (Wildman–Crippen LogP) is 3.10. The van der Waals surface area contributed by atoms with E-state index in [-0.39, 0.29) is 42.9 Å². The van der Waals surface area contributed by atoms with Crippen molar-refractivity contribution in [2.45, 2.75) is 20.3 Å². The molecule has 0 radical (unpaired) electrons. The molecule has 0 unspecified atom stereocenters. The highest BCUT2D eigenvalue weighted by atomic mass is 16.5. The molecule has 0 fully saturated rings. The predicted molar refractivity (Wildman–Crippen MR) is 115 cm³/mol. The Morgan fingerprint density at radius 3 is 2.72 bits per heavy atom. The summed E-state index contributed by atoms with van der Waals surface area (Å²) in [6, 6.07) is 12.0. The number of nitriles is 1. The molecule has 8 heteroatoms. The fourth-order valence-electron chi connectivity index (χ4n) is 3.30. The molecule has 32 heavy (non-hydrogen) atoms. The van der Waals surface area contributed by atoms with Crippen LogP contribution in [-0.2, 0) is 14.3 Å². The van der Waals surface area contributed by atoms with Crippen molar-refractivity contribution in [1.82, 2.24) is 4.90 Å². The van der Waals surface area contributed by atoms with Gasteiger partial charge >= 0.3 is 5.97 Å². The summed E-state index contributed by atoms with van der Waals surface area (Å²) in [5, 5.41) is 18.5. The van der Waals surface area contributed by atoms with Crippen LogP contribution in [0.3, 0.4) is 0 Å². The Morgan fingerprint density at radius 1 is 1.25 bits per heavy atom. The van der Waals surface area contributed by atoms with E-state index >= 15 is 0 Å². The molecule has 2 aromatic rings. The highest BCUT2D eigenvalue weighted by Gasteiger charge is 2.35. The monoisotopic (exact) mass is 434 g/mol. The first-order valence-electron chi connectivity index (χ1n) is 10.1. The van der Waals surface area contributed by atoms with Gasteiger partial charge in [-0.15, -0.1) is 0 Å². The van der Waals surface area contributed by atoms with Gasteiger partial charge in [-0.25, -0.2) is 4.79 Å². The zero-order valence-corrected chi connectivity index (χ0v) is 17.8. The molecule has 1 N–H and O–H groups in total. The average Bonchev–Trinajstić information content (AvgIpc) is 3.26. The van der Waals surface area contributed by atoms with Crippen LogP contribution < -0.4 is 0 Å². The van der Waals surface area contributed by atoms with E-state index in [0.29, 0.717) is 22.6 Å². The zero-order valence-electron chi connectivity index (χ0n) is 17.8. The topological polar surface area (TPSA) is 121 Å². The number of nitrogens with zero attached hydrogens (tertiary/aromatic N) is 2. The van der Waals surface area contributed by atoms with E-state index < -0.39 is 17.8 Å². The van der Waals surface area contributed by atoms with E-state index in [0.717, 1.165) is 4.90 Å². The molecule has 1 aliphatic heterocycles. The molecule has 1 aromatic carbocycles. The molecule has 0 aliphatic carbocycles. The van der Waals surface area contributed by atoms with Gasteiger partial charge in [-0.2, -0.15) is 5.26 Å². The van der Waals surface area contributed by atoms with Gasteiger partial charge in [0, 0.05) is 24.3 Å². The third-order valence-corrected chi connectivity index (χ3v) is 4.94. The van der Waals surface area contributed by atoms with Crippen molar-refractivity contribution >= 4 is 23.9 Å². The molecule has 8 nitrogen and oxygen atoms in total. The number of ether oxygens (including phenoxy) is 1. The normalized spacial score (nSPS) is 15.3. The van der Waals surface area contributed by atoms with E-state index in [4.69, 9.17) is 14.3 Å². The third-order valence-electron chi connectivity index (χ3n) is 4.94. The maximum absolute atomic E-state index is 12.9.